The van der Waals surface area contributed by atoms with Crippen LogP contribution in [0.3, 0.4) is 0 Å². The monoisotopic (exact) mass is 300 g/mol. The Morgan fingerprint density at radius 3 is 2.95 bits per heavy atom. The van der Waals surface area contributed by atoms with Crippen LogP contribution in [0.15, 0.2) is 41.1 Å². The molecule has 3 nitrogen and oxygen atoms in total. The molecule has 1 aromatic heterocycles. The first kappa shape index (κ1) is 13.2. The van der Waals surface area contributed by atoms with E-state index in [1.807, 2.05) is 12.1 Å². The molecule has 1 aliphatic heterocycles. The Balaban J connectivity index is 1.42. The van der Waals surface area contributed by atoms with Gasteiger partial charge in [-0.15, -0.1) is 0 Å². The molecule has 2 aliphatic rings. The average molecular weight is 300 g/mol. The van der Waals surface area contributed by atoms with Gasteiger partial charge in [0.25, 0.3) is 0 Å². The molecular formula is C17H20N2OS. The second kappa shape index (κ2) is 5.70. The van der Waals surface area contributed by atoms with Gasteiger partial charge in [-0.05, 0) is 47.4 Å². The standard InChI is InChI=1S/C17H20N2OS/c1-2-4-17-16(3-1)18-9-15(20-17)11-19(14-5-6-14)10-13-7-8-21-12-13/h1-4,7-8,12,14-15,18H,5-6,9-11H2. The van der Waals surface area contributed by atoms with Crippen molar-refractivity contribution in [2.75, 3.05) is 18.4 Å². The smallest absolute Gasteiger partial charge is 0.142 e. The molecule has 0 radical (unpaired) electrons. The van der Waals surface area contributed by atoms with Crippen LogP contribution in [0.4, 0.5) is 5.69 Å². The van der Waals surface area contributed by atoms with Crippen LogP contribution in [0.2, 0.25) is 0 Å². The molecule has 0 spiro atoms. The lowest BCUT2D eigenvalue weighted by Crippen LogP contribution is -2.42. The third kappa shape index (κ3) is 3.06. The Morgan fingerprint density at radius 1 is 1.24 bits per heavy atom. The number of thiophene rings is 1. The number of nitrogens with one attached hydrogen (secondary N) is 1. The molecule has 4 rings (SSSR count). The van der Waals surface area contributed by atoms with Gasteiger partial charge < -0.3 is 10.1 Å². The van der Waals surface area contributed by atoms with Crippen molar-refractivity contribution in [3.63, 3.8) is 0 Å². The lowest BCUT2D eigenvalue weighted by atomic mass is 10.2. The molecule has 110 valence electrons. The summed E-state index contributed by atoms with van der Waals surface area (Å²) in [6.45, 7) is 2.95. The number of hydrogen-bond acceptors (Lipinski definition) is 4. The van der Waals surface area contributed by atoms with E-state index in [1.54, 1.807) is 11.3 Å². The number of anilines is 1. The Morgan fingerprint density at radius 2 is 2.14 bits per heavy atom. The lowest BCUT2D eigenvalue weighted by Gasteiger charge is -2.32. The van der Waals surface area contributed by atoms with Gasteiger partial charge in [0.15, 0.2) is 0 Å². The SMILES string of the molecule is c1ccc2c(c1)NCC(CN(Cc1ccsc1)C1CC1)O2. The highest BCUT2D eigenvalue weighted by atomic mass is 32.1. The fourth-order valence-electron chi connectivity index (χ4n) is 2.92. The molecule has 0 saturated heterocycles. The Bertz CT molecular complexity index is 595. The number of ether oxygens (including phenoxy) is 1. The maximum absolute atomic E-state index is 6.16. The highest BCUT2D eigenvalue weighted by Gasteiger charge is 2.32. The van der Waals surface area contributed by atoms with Crippen molar-refractivity contribution < 1.29 is 4.74 Å². The molecular weight excluding hydrogens is 280 g/mol. The Kier molecular flexibility index (Phi) is 3.57. The summed E-state index contributed by atoms with van der Waals surface area (Å²) in [6.07, 6.45) is 2.90. The van der Waals surface area contributed by atoms with Crippen molar-refractivity contribution in [1.82, 2.24) is 4.90 Å². The number of rotatable bonds is 5. The molecule has 4 heteroatoms. The van der Waals surface area contributed by atoms with Gasteiger partial charge in [-0.2, -0.15) is 11.3 Å². The second-order valence-corrected chi connectivity index (χ2v) is 6.69. The summed E-state index contributed by atoms with van der Waals surface area (Å²) in [5.74, 6) is 0.986. The number of hydrogen-bond donors (Lipinski definition) is 1. The Hall–Kier alpha value is -1.52. The minimum Gasteiger partial charge on any atom is -0.485 e. The normalized spacial score (nSPS) is 20.7. The van der Waals surface area contributed by atoms with Crippen LogP contribution in [0, 0.1) is 0 Å². The highest BCUT2D eigenvalue weighted by Crippen LogP contribution is 2.32. The van der Waals surface area contributed by atoms with E-state index in [9.17, 15) is 0 Å². The van der Waals surface area contributed by atoms with Crippen molar-refractivity contribution in [2.45, 2.75) is 31.5 Å². The lowest BCUT2D eigenvalue weighted by molar-refractivity contribution is 0.126. The molecule has 1 aliphatic carbocycles. The highest BCUT2D eigenvalue weighted by molar-refractivity contribution is 7.07. The zero-order valence-electron chi connectivity index (χ0n) is 12.0. The minimum absolute atomic E-state index is 0.235. The number of nitrogens with zero attached hydrogens (tertiary/aromatic N) is 1. The van der Waals surface area contributed by atoms with Crippen LogP contribution in [0.25, 0.3) is 0 Å². The van der Waals surface area contributed by atoms with Gasteiger partial charge in [-0.3, -0.25) is 4.90 Å². The Labute approximate surface area is 129 Å². The summed E-state index contributed by atoms with van der Waals surface area (Å²) < 4.78 is 6.16. The zero-order chi connectivity index (χ0) is 14.1. The third-order valence-electron chi connectivity index (χ3n) is 4.17. The van der Waals surface area contributed by atoms with Gasteiger partial charge in [0.1, 0.15) is 11.9 Å². The molecule has 2 aromatic rings. The van der Waals surface area contributed by atoms with Crippen molar-refractivity contribution in [2.24, 2.45) is 0 Å². The van der Waals surface area contributed by atoms with Crippen LogP contribution >= 0.6 is 11.3 Å². The van der Waals surface area contributed by atoms with Crippen molar-refractivity contribution in [3.05, 3.63) is 46.7 Å². The molecule has 1 unspecified atom stereocenters. The molecule has 1 fully saturated rings. The van der Waals surface area contributed by atoms with E-state index in [0.29, 0.717) is 0 Å². The fraction of sp³-hybridized carbons (Fsp3) is 0.412. The second-order valence-electron chi connectivity index (χ2n) is 5.91. The van der Waals surface area contributed by atoms with E-state index in [4.69, 9.17) is 4.74 Å². The van der Waals surface area contributed by atoms with E-state index in [1.165, 1.54) is 18.4 Å². The van der Waals surface area contributed by atoms with E-state index in [0.717, 1.165) is 37.1 Å². The zero-order valence-corrected chi connectivity index (χ0v) is 12.8. The molecule has 1 N–H and O–H groups in total. The molecule has 1 aromatic carbocycles. The molecule has 0 amide bonds. The van der Waals surface area contributed by atoms with Crippen LogP contribution in [-0.4, -0.2) is 30.1 Å². The van der Waals surface area contributed by atoms with E-state index in [2.05, 4.69) is 39.2 Å². The number of para-hydroxylation sites is 2. The third-order valence-corrected chi connectivity index (χ3v) is 4.90. The van der Waals surface area contributed by atoms with Gasteiger partial charge in [0, 0.05) is 19.1 Å². The number of benzene rings is 1. The summed E-state index contributed by atoms with van der Waals surface area (Å²) in [4.78, 5) is 2.59. The summed E-state index contributed by atoms with van der Waals surface area (Å²) in [5, 5.41) is 7.90. The first-order valence-corrected chi connectivity index (χ1v) is 8.57. The van der Waals surface area contributed by atoms with Crippen LogP contribution in [0.1, 0.15) is 18.4 Å². The minimum atomic E-state index is 0.235. The van der Waals surface area contributed by atoms with Gasteiger partial charge in [0.05, 0.1) is 12.2 Å². The quantitative estimate of drug-likeness (QED) is 0.913. The topological polar surface area (TPSA) is 24.5 Å². The van der Waals surface area contributed by atoms with Crippen molar-refractivity contribution >= 4 is 17.0 Å². The van der Waals surface area contributed by atoms with Crippen LogP contribution in [0.5, 0.6) is 5.75 Å². The molecule has 1 saturated carbocycles. The van der Waals surface area contributed by atoms with Crippen molar-refractivity contribution in [3.8, 4) is 5.75 Å². The maximum atomic E-state index is 6.16. The largest absolute Gasteiger partial charge is 0.485 e. The summed E-state index contributed by atoms with van der Waals surface area (Å²) in [6, 6.07) is 11.2. The van der Waals surface area contributed by atoms with Gasteiger partial charge in [0.2, 0.25) is 0 Å². The number of fused-ring (bicyclic) bond motifs is 1. The summed E-state index contributed by atoms with van der Waals surface area (Å²) in [7, 11) is 0. The first-order valence-electron chi connectivity index (χ1n) is 7.63. The molecule has 2 heterocycles. The summed E-state index contributed by atoms with van der Waals surface area (Å²) >= 11 is 1.78. The van der Waals surface area contributed by atoms with E-state index in [-0.39, 0.29) is 6.10 Å². The van der Waals surface area contributed by atoms with E-state index < -0.39 is 0 Å². The predicted octanol–water partition coefficient (Wildman–Crippen LogP) is 3.59. The van der Waals surface area contributed by atoms with Crippen LogP contribution < -0.4 is 10.1 Å². The first-order chi connectivity index (χ1) is 10.4. The molecule has 0 bridgehead atoms. The van der Waals surface area contributed by atoms with Gasteiger partial charge in [-0.25, -0.2) is 0 Å². The predicted molar refractivity (Wildman–Crippen MR) is 87.1 cm³/mol. The van der Waals surface area contributed by atoms with Gasteiger partial charge >= 0.3 is 0 Å². The fourth-order valence-corrected chi connectivity index (χ4v) is 3.58. The van der Waals surface area contributed by atoms with Crippen molar-refractivity contribution in [1.29, 1.82) is 0 Å². The molecule has 21 heavy (non-hydrogen) atoms. The van der Waals surface area contributed by atoms with E-state index >= 15 is 0 Å². The maximum Gasteiger partial charge on any atom is 0.142 e. The van der Waals surface area contributed by atoms with Crippen LogP contribution in [-0.2, 0) is 6.54 Å². The summed E-state index contributed by atoms with van der Waals surface area (Å²) in [5.41, 5.74) is 2.54. The average Bonchev–Trinajstić information content (AvgIpc) is 3.24. The molecule has 1 atom stereocenters. The van der Waals surface area contributed by atoms with Gasteiger partial charge in [-0.1, -0.05) is 12.1 Å².